The number of benzene rings is 2. The molecule has 2 aromatic carbocycles. The van der Waals surface area contributed by atoms with E-state index in [1.54, 1.807) is 12.3 Å². The Balaban J connectivity index is 1.30. The first-order valence-corrected chi connectivity index (χ1v) is 9.86. The minimum absolute atomic E-state index is 0.170. The number of hydrogen-bond donors (Lipinski definition) is 1. The molecule has 0 saturated carbocycles. The molecule has 2 aliphatic rings. The van der Waals surface area contributed by atoms with Crippen LogP contribution in [0.5, 0.6) is 11.5 Å². The Hall–Kier alpha value is -3.02. The molecule has 2 aliphatic heterocycles. The molecule has 0 aromatic heterocycles. The number of fused-ring (bicyclic) bond motifs is 1. The predicted molar refractivity (Wildman–Crippen MR) is 109 cm³/mol. The number of ether oxygens (including phenoxy) is 2. The number of nitrogens with zero attached hydrogens (tertiary/aromatic N) is 2. The summed E-state index contributed by atoms with van der Waals surface area (Å²) in [5.41, 5.74) is 4.71. The van der Waals surface area contributed by atoms with Gasteiger partial charge in [-0.25, -0.2) is 5.43 Å². The minimum atomic E-state index is -0.711. The van der Waals surface area contributed by atoms with Crippen LogP contribution in [0, 0.1) is 0 Å². The number of hydrogen-bond acceptors (Lipinski definition) is 5. The molecule has 28 heavy (non-hydrogen) atoms. The molecule has 6 heteroatoms. The van der Waals surface area contributed by atoms with Crippen LogP contribution in [0.3, 0.4) is 0 Å². The average molecular weight is 379 g/mol. The molecule has 0 radical (unpaired) electrons. The number of amides is 1. The number of carbonyl (C=O) groups excluding carboxylic acids is 1. The van der Waals surface area contributed by atoms with Crippen molar-refractivity contribution in [2.24, 2.45) is 5.10 Å². The van der Waals surface area contributed by atoms with E-state index in [-0.39, 0.29) is 12.5 Å². The molecule has 2 aromatic rings. The van der Waals surface area contributed by atoms with Gasteiger partial charge in [0, 0.05) is 18.8 Å². The molecule has 1 N–H and O–H groups in total. The maximum Gasteiger partial charge on any atom is 0.284 e. The van der Waals surface area contributed by atoms with E-state index in [4.69, 9.17) is 9.47 Å². The van der Waals surface area contributed by atoms with Crippen molar-refractivity contribution in [2.45, 2.75) is 31.8 Å². The number of carbonyl (C=O) groups is 1. The lowest BCUT2D eigenvalue weighted by atomic mass is 10.2. The third kappa shape index (κ3) is 4.44. The van der Waals surface area contributed by atoms with Crippen LogP contribution in [0.1, 0.15) is 31.2 Å². The van der Waals surface area contributed by atoms with Gasteiger partial charge in [0.1, 0.15) is 6.61 Å². The predicted octanol–water partition coefficient (Wildman–Crippen LogP) is 3.36. The highest BCUT2D eigenvalue weighted by Gasteiger charge is 2.26. The summed E-state index contributed by atoms with van der Waals surface area (Å²) in [6.07, 6.45) is 6.09. The second-order valence-corrected chi connectivity index (χ2v) is 7.09. The highest BCUT2D eigenvalue weighted by Crippen LogP contribution is 2.30. The molecule has 6 nitrogen and oxygen atoms in total. The topological polar surface area (TPSA) is 63.2 Å². The minimum Gasteiger partial charge on any atom is -0.485 e. The molecule has 0 unspecified atom stereocenters. The van der Waals surface area contributed by atoms with E-state index in [1.807, 2.05) is 30.3 Å². The smallest absolute Gasteiger partial charge is 0.284 e. The van der Waals surface area contributed by atoms with E-state index in [9.17, 15) is 4.79 Å². The van der Waals surface area contributed by atoms with Crippen molar-refractivity contribution in [2.75, 3.05) is 24.6 Å². The van der Waals surface area contributed by atoms with Crippen LogP contribution in [-0.2, 0) is 4.79 Å². The van der Waals surface area contributed by atoms with Gasteiger partial charge in [-0.15, -0.1) is 0 Å². The van der Waals surface area contributed by atoms with Gasteiger partial charge < -0.3 is 14.4 Å². The molecule has 1 saturated heterocycles. The van der Waals surface area contributed by atoms with Crippen molar-refractivity contribution in [3.63, 3.8) is 0 Å². The summed E-state index contributed by atoms with van der Waals surface area (Å²) in [6.45, 7) is 2.41. The molecule has 1 amide bonds. The van der Waals surface area contributed by atoms with Crippen molar-refractivity contribution in [1.82, 2.24) is 5.43 Å². The zero-order valence-electron chi connectivity index (χ0n) is 15.8. The van der Waals surface area contributed by atoms with Crippen molar-refractivity contribution >= 4 is 17.8 Å². The zero-order chi connectivity index (χ0) is 19.2. The van der Waals surface area contributed by atoms with Gasteiger partial charge in [-0.1, -0.05) is 37.1 Å². The number of rotatable bonds is 4. The zero-order valence-corrected chi connectivity index (χ0v) is 15.8. The lowest BCUT2D eigenvalue weighted by molar-refractivity contribution is -0.130. The van der Waals surface area contributed by atoms with Gasteiger partial charge in [0.15, 0.2) is 11.5 Å². The summed E-state index contributed by atoms with van der Waals surface area (Å²) >= 11 is 0. The third-order valence-corrected chi connectivity index (χ3v) is 5.05. The average Bonchev–Trinajstić information content (AvgIpc) is 3.03. The maximum absolute atomic E-state index is 12.3. The van der Waals surface area contributed by atoms with Gasteiger partial charge in [-0.3, -0.25) is 4.79 Å². The molecular weight excluding hydrogens is 354 g/mol. The number of anilines is 1. The molecule has 0 bridgehead atoms. The van der Waals surface area contributed by atoms with E-state index in [2.05, 4.69) is 27.6 Å². The third-order valence-electron chi connectivity index (χ3n) is 5.05. The van der Waals surface area contributed by atoms with E-state index >= 15 is 0 Å². The van der Waals surface area contributed by atoms with E-state index in [0.29, 0.717) is 11.5 Å². The summed E-state index contributed by atoms with van der Waals surface area (Å²) in [6, 6.07) is 15.6. The largest absolute Gasteiger partial charge is 0.485 e. The maximum atomic E-state index is 12.3. The van der Waals surface area contributed by atoms with Crippen LogP contribution >= 0.6 is 0 Å². The highest BCUT2D eigenvalue weighted by molar-refractivity contribution is 5.85. The van der Waals surface area contributed by atoms with Crippen molar-refractivity contribution in [3.8, 4) is 11.5 Å². The van der Waals surface area contributed by atoms with Crippen LogP contribution in [0.4, 0.5) is 5.69 Å². The Morgan fingerprint density at radius 3 is 2.46 bits per heavy atom. The molecule has 0 spiro atoms. The van der Waals surface area contributed by atoms with Crippen molar-refractivity contribution in [1.29, 1.82) is 0 Å². The molecule has 1 atom stereocenters. The fourth-order valence-electron chi connectivity index (χ4n) is 3.49. The Morgan fingerprint density at radius 2 is 1.71 bits per heavy atom. The fraction of sp³-hybridized carbons (Fsp3) is 0.364. The van der Waals surface area contributed by atoms with Gasteiger partial charge in [0.2, 0.25) is 6.10 Å². The molecule has 146 valence electrons. The first-order valence-electron chi connectivity index (χ1n) is 9.86. The fourth-order valence-corrected chi connectivity index (χ4v) is 3.49. The molecular formula is C22H25N3O3. The summed E-state index contributed by atoms with van der Waals surface area (Å²) < 4.78 is 11.2. The second kappa shape index (κ2) is 8.78. The van der Waals surface area contributed by atoms with Crippen molar-refractivity contribution in [3.05, 3.63) is 54.1 Å². The van der Waals surface area contributed by atoms with Gasteiger partial charge >= 0.3 is 0 Å². The van der Waals surface area contributed by atoms with E-state index in [1.165, 1.54) is 31.4 Å². The normalized spacial score (nSPS) is 19.3. The van der Waals surface area contributed by atoms with Gasteiger partial charge in [-0.2, -0.15) is 5.10 Å². The molecule has 1 fully saturated rings. The van der Waals surface area contributed by atoms with Gasteiger partial charge in [0.25, 0.3) is 5.91 Å². The Morgan fingerprint density at radius 1 is 1.00 bits per heavy atom. The number of para-hydroxylation sites is 2. The monoisotopic (exact) mass is 379 g/mol. The molecule has 4 rings (SSSR count). The summed E-state index contributed by atoms with van der Waals surface area (Å²) in [4.78, 5) is 14.7. The Labute approximate surface area is 165 Å². The summed E-state index contributed by atoms with van der Waals surface area (Å²) in [5.74, 6) is 0.897. The van der Waals surface area contributed by atoms with Crippen molar-refractivity contribution < 1.29 is 14.3 Å². The molecule has 2 heterocycles. The summed E-state index contributed by atoms with van der Waals surface area (Å²) in [5, 5.41) is 4.06. The van der Waals surface area contributed by atoms with Crippen LogP contribution in [0.15, 0.2) is 53.6 Å². The summed E-state index contributed by atoms with van der Waals surface area (Å²) in [7, 11) is 0. The SMILES string of the molecule is O=C(N/N=C\c1ccc(N2CCCCCC2)cc1)[C@H]1COc2ccccc2O1. The Bertz CT molecular complexity index is 827. The van der Waals surface area contributed by atoms with Crippen LogP contribution in [-0.4, -0.2) is 37.9 Å². The van der Waals surface area contributed by atoms with Crippen LogP contribution < -0.4 is 19.8 Å². The lowest BCUT2D eigenvalue weighted by Crippen LogP contribution is -2.42. The second-order valence-electron chi connectivity index (χ2n) is 7.09. The van der Waals surface area contributed by atoms with E-state index < -0.39 is 6.10 Å². The quantitative estimate of drug-likeness (QED) is 0.654. The van der Waals surface area contributed by atoms with Gasteiger partial charge in [-0.05, 0) is 42.7 Å². The van der Waals surface area contributed by atoms with Crippen LogP contribution in [0.2, 0.25) is 0 Å². The standard InChI is InChI=1S/C22H25N3O3/c26-22(21-16-27-19-7-3-4-8-20(19)28-21)24-23-15-17-9-11-18(12-10-17)25-13-5-1-2-6-14-25/h3-4,7-12,15,21H,1-2,5-6,13-14,16H2,(H,24,26)/b23-15-/t21-/m1/s1. The number of hydrazone groups is 1. The first kappa shape index (κ1) is 18.3. The highest BCUT2D eigenvalue weighted by atomic mass is 16.6. The molecule has 0 aliphatic carbocycles. The first-order chi connectivity index (χ1) is 13.8. The lowest BCUT2D eigenvalue weighted by Gasteiger charge is -2.24. The van der Waals surface area contributed by atoms with Crippen LogP contribution in [0.25, 0.3) is 0 Å². The number of nitrogens with one attached hydrogen (secondary N) is 1. The van der Waals surface area contributed by atoms with Gasteiger partial charge in [0.05, 0.1) is 6.21 Å². The van der Waals surface area contributed by atoms with E-state index in [0.717, 1.165) is 18.7 Å². The Kier molecular flexibility index (Phi) is 5.75.